The summed E-state index contributed by atoms with van der Waals surface area (Å²) in [7, 11) is 1.62. The summed E-state index contributed by atoms with van der Waals surface area (Å²) >= 11 is 0. The largest absolute Gasteiger partial charge is 0.497 e. The van der Waals surface area contributed by atoms with Gasteiger partial charge < -0.3 is 10.1 Å². The van der Waals surface area contributed by atoms with Crippen molar-refractivity contribution in [2.45, 2.75) is 19.4 Å². The molecule has 1 aromatic heterocycles. The number of hydrogen-bond donors (Lipinski definition) is 1. The topological polar surface area (TPSA) is 73.2 Å². The average Bonchev–Trinajstić information content (AvgIpc) is 2.74. The van der Waals surface area contributed by atoms with Crippen LogP contribution in [0, 0.1) is 0 Å². The van der Waals surface area contributed by atoms with E-state index >= 15 is 0 Å². The summed E-state index contributed by atoms with van der Waals surface area (Å²) in [5.41, 5.74) is 2.48. The van der Waals surface area contributed by atoms with Crippen LogP contribution in [0.5, 0.6) is 5.75 Å². The molecular formula is C22H23N3O3. The van der Waals surface area contributed by atoms with Crippen LogP contribution in [0.1, 0.15) is 12.0 Å². The minimum absolute atomic E-state index is 0.0438. The first kappa shape index (κ1) is 19.4. The standard InChI is InChI=1S/C22H23N3O3/c1-28-19-10-7-17(8-11-19)9-12-21(26)23-13-14-25-16-24-20(15-22(25)27)18-5-3-2-4-6-18/h2-8,10-11,15-16H,9,12-14H2,1H3,(H,23,26). The maximum absolute atomic E-state index is 12.3. The second-order valence-electron chi connectivity index (χ2n) is 6.37. The van der Waals surface area contributed by atoms with Gasteiger partial charge in [-0.25, -0.2) is 4.98 Å². The molecule has 0 saturated heterocycles. The molecule has 1 amide bonds. The molecule has 0 spiro atoms. The number of carbonyl (C=O) groups is 1. The molecule has 0 saturated carbocycles. The molecule has 0 unspecified atom stereocenters. The summed E-state index contributed by atoms with van der Waals surface area (Å²) in [4.78, 5) is 28.6. The molecule has 0 bridgehead atoms. The molecule has 2 aromatic carbocycles. The van der Waals surface area contributed by atoms with Gasteiger partial charge in [0, 0.05) is 31.1 Å². The zero-order valence-electron chi connectivity index (χ0n) is 15.8. The van der Waals surface area contributed by atoms with Crippen LogP contribution in [0.15, 0.2) is 71.8 Å². The van der Waals surface area contributed by atoms with E-state index in [1.54, 1.807) is 7.11 Å². The molecule has 0 aliphatic rings. The van der Waals surface area contributed by atoms with Crippen molar-refractivity contribution in [3.63, 3.8) is 0 Å². The molecular weight excluding hydrogens is 354 g/mol. The molecule has 0 aliphatic heterocycles. The fraction of sp³-hybridized carbons (Fsp3) is 0.227. The molecule has 3 rings (SSSR count). The lowest BCUT2D eigenvalue weighted by Gasteiger charge is -2.08. The Kier molecular flexibility index (Phi) is 6.57. The van der Waals surface area contributed by atoms with Crippen LogP contribution in [0.3, 0.4) is 0 Å². The van der Waals surface area contributed by atoms with Crippen LogP contribution in [-0.2, 0) is 17.8 Å². The Morgan fingerprint density at radius 1 is 1.11 bits per heavy atom. The molecule has 0 atom stereocenters. The van der Waals surface area contributed by atoms with Crippen molar-refractivity contribution in [2.24, 2.45) is 0 Å². The molecule has 144 valence electrons. The van der Waals surface area contributed by atoms with Gasteiger partial charge in [0.15, 0.2) is 0 Å². The zero-order chi connectivity index (χ0) is 19.8. The molecule has 6 heteroatoms. The molecule has 1 heterocycles. The van der Waals surface area contributed by atoms with Crippen molar-refractivity contribution in [1.29, 1.82) is 0 Å². The number of nitrogens with zero attached hydrogens (tertiary/aromatic N) is 2. The highest BCUT2D eigenvalue weighted by molar-refractivity contribution is 5.76. The molecule has 0 fully saturated rings. The van der Waals surface area contributed by atoms with Crippen LogP contribution in [0.4, 0.5) is 0 Å². The van der Waals surface area contributed by atoms with Crippen LogP contribution >= 0.6 is 0 Å². The van der Waals surface area contributed by atoms with Crippen molar-refractivity contribution < 1.29 is 9.53 Å². The number of ether oxygens (including phenoxy) is 1. The normalized spacial score (nSPS) is 10.5. The minimum atomic E-state index is -0.138. The molecule has 6 nitrogen and oxygen atoms in total. The van der Waals surface area contributed by atoms with Crippen LogP contribution < -0.4 is 15.6 Å². The fourth-order valence-electron chi connectivity index (χ4n) is 2.81. The number of rotatable bonds is 8. The highest BCUT2D eigenvalue weighted by Crippen LogP contribution is 2.13. The first-order chi connectivity index (χ1) is 13.7. The molecule has 28 heavy (non-hydrogen) atoms. The van der Waals surface area contributed by atoms with Crippen LogP contribution in [0.25, 0.3) is 11.3 Å². The number of hydrogen-bond acceptors (Lipinski definition) is 4. The van der Waals surface area contributed by atoms with Gasteiger partial charge in [-0.15, -0.1) is 0 Å². The maximum Gasteiger partial charge on any atom is 0.253 e. The lowest BCUT2D eigenvalue weighted by atomic mass is 10.1. The van der Waals surface area contributed by atoms with E-state index < -0.39 is 0 Å². The molecule has 3 aromatic rings. The van der Waals surface area contributed by atoms with Crippen LogP contribution in [0.2, 0.25) is 0 Å². The SMILES string of the molecule is COc1ccc(CCC(=O)NCCn2cnc(-c3ccccc3)cc2=O)cc1. The van der Waals surface area contributed by atoms with Gasteiger partial charge in [0.05, 0.1) is 19.1 Å². The number of aromatic nitrogens is 2. The first-order valence-corrected chi connectivity index (χ1v) is 9.17. The van der Waals surface area contributed by atoms with Gasteiger partial charge in [0.2, 0.25) is 5.91 Å². The van der Waals surface area contributed by atoms with E-state index in [4.69, 9.17) is 4.74 Å². The summed E-state index contributed by atoms with van der Waals surface area (Å²) in [6.45, 7) is 0.767. The monoisotopic (exact) mass is 377 g/mol. The minimum Gasteiger partial charge on any atom is -0.497 e. The second-order valence-corrected chi connectivity index (χ2v) is 6.37. The van der Waals surface area contributed by atoms with E-state index in [0.29, 0.717) is 31.6 Å². The van der Waals surface area contributed by atoms with Crippen molar-refractivity contribution in [1.82, 2.24) is 14.9 Å². The number of methoxy groups -OCH3 is 1. The lowest BCUT2D eigenvalue weighted by Crippen LogP contribution is -2.30. The Morgan fingerprint density at radius 3 is 2.54 bits per heavy atom. The Bertz CT molecular complexity index is 966. The number of benzene rings is 2. The van der Waals surface area contributed by atoms with Crippen LogP contribution in [-0.4, -0.2) is 29.1 Å². The van der Waals surface area contributed by atoms with Gasteiger partial charge in [0.25, 0.3) is 5.56 Å². The van der Waals surface area contributed by atoms with Crippen molar-refractivity contribution in [3.8, 4) is 17.0 Å². The number of amides is 1. The van der Waals surface area contributed by atoms with E-state index in [1.807, 2.05) is 54.6 Å². The van der Waals surface area contributed by atoms with E-state index in [0.717, 1.165) is 16.9 Å². The van der Waals surface area contributed by atoms with Gasteiger partial charge in [-0.05, 0) is 24.1 Å². The third-order valence-corrected chi connectivity index (χ3v) is 4.42. The third kappa shape index (κ3) is 5.30. The first-order valence-electron chi connectivity index (χ1n) is 9.17. The number of aryl methyl sites for hydroxylation is 1. The number of carbonyl (C=O) groups excluding carboxylic acids is 1. The highest BCUT2D eigenvalue weighted by Gasteiger charge is 2.05. The summed E-state index contributed by atoms with van der Waals surface area (Å²) in [5, 5.41) is 2.85. The second kappa shape index (κ2) is 9.50. The van der Waals surface area contributed by atoms with Gasteiger partial charge in [0.1, 0.15) is 5.75 Å². The molecule has 1 N–H and O–H groups in total. The molecule has 0 radical (unpaired) electrons. The van der Waals surface area contributed by atoms with Gasteiger partial charge in [-0.1, -0.05) is 42.5 Å². The highest BCUT2D eigenvalue weighted by atomic mass is 16.5. The molecule has 0 aliphatic carbocycles. The smallest absolute Gasteiger partial charge is 0.253 e. The van der Waals surface area contributed by atoms with Gasteiger partial charge in [-0.3, -0.25) is 14.2 Å². The van der Waals surface area contributed by atoms with Gasteiger partial charge in [-0.2, -0.15) is 0 Å². The predicted molar refractivity (Wildman–Crippen MR) is 108 cm³/mol. The van der Waals surface area contributed by atoms with Crippen molar-refractivity contribution in [2.75, 3.05) is 13.7 Å². The summed E-state index contributed by atoms with van der Waals surface area (Å²) in [6, 6.07) is 18.7. The van der Waals surface area contributed by atoms with E-state index in [9.17, 15) is 9.59 Å². The lowest BCUT2D eigenvalue weighted by molar-refractivity contribution is -0.121. The average molecular weight is 377 g/mol. The fourth-order valence-corrected chi connectivity index (χ4v) is 2.81. The Balaban J connectivity index is 1.46. The number of nitrogens with one attached hydrogen (secondary N) is 1. The quantitative estimate of drug-likeness (QED) is 0.655. The van der Waals surface area contributed by atoms with Crippen molar-refractivity contribution >= 4 is 5.91 Å². The van der Waals surface area contributed by atoms with E-state index in [-0.39, 0.29) is 11.5 Å². The predicted octanol–water partition coefficient (Wildman–Crippen LogP) is 2.67. The summed E-state index contributed by atoms with van der Waals surface area (Å²) in [5.74, 6) is 0.753. The third-order valence-electron chi connectivity index (χ3n) is 4.42. The summed E-state index contributed by atoms with van der Waals surface area (Å²) in [6.07, 6.45) is 2.57. The van der Waals surface area contributed by atoms with E-state index in [1.165, 1.54) is 17.0 Å². The van der Waals surface area contributed by atoms with Gasteiger partial charge >= 0.3 is 0 Å². The zero-order valence-corrected chi connectivity index (χ0v) is 15.8. The van der Waals surface area contributed by atoms with Crippen molar-refractivity contribution in [3.05, 3.63) is 82.9 Å². The van der Waals surface area contributed by atoms with E-state index in [2.05, 4.69) is 10.3 Å². The maximum atomic E-state index is 12.3. The Labute approximate surface area is 163 Å². The Morgan fingerprint density at radius 2 is 1.86 bits per heavy atom. The summed E-state index contributed by atoms with van der Waals surface area (Å²) < 4.78 is 6.62. The Hall–Kier alpha value is -3.41.